The smallest absolute Gasteiger partial charge is 0.276 e. The van der Waals surface area contributed by atoms with Crippen molar-refractivity contribution in [1.82, 2.24) is 15.1 Å². The van der Waals surface area contributed by atoms with Gasteiger partial charge in [-0.05, 0) is 42.0 Å². The third kappa shape index (κ3) is 4.52. The zero-order valence-corrected chi connectivity index (χ0v) is 15.4. The molecule has 1 amide bonds. The van der Waals surface area contributed by atoms with Crippen molar-refractivity contribution in [3.05, 3.63) is 102 Å². The minimum atomic E-state index is -0.398. The quantitative estimate of drug-likeness (QED) is 0.515. The standard InChI is InChI=1S/C22H18FN3O3/c23-17-8-10-18(11-9-17)26-14-20(29-15-16-5-2-1-3-6-16)21(25-26)22(27)24-13-19-7-4-12-28-19/h1-12,14H,13,15H2,(H,24,27). The topological polar surface area (TPSA) is 69.3 Å². The SMILES string of the molecule is O=C(NCc1ccco1)c1nn(-c2ccc(F)cc2)cc1OCc1ccccc1. The molecule has 0 aliphatic heterocycles. The molecule has 2 aromatic heterocycles. The number of amides is 1. The maximum Gasteiger partial charge on any atom is 0.276 e. The van der Waals surface area contributed by atoms with E-state index in [2.05, 4.69) is 10.4 Å². The van der Waals surface area contributed by atoms with Crippen LogP contribution in [0.4, 0.5) is 4.39 Å². The van der Waals surface area contributed by atoms with Crippen LogP contribution in [0.5, 0.6) is 5.75 Å². The fraction of sp³-hybridized carbons (Fsp3) is 0.0909. The summed E-state index contributed by atoms with van der Waals surface area (Å²) in [5.74, 6) is 0.210. The van der Waals surface area contributed by atoms with Crippen LogP contribution in [0.2, 0.25) is 0 Å². The largest absolute Gasteiger partial charge is 0.485 e. The molecule has 0 aliphatic rings. The van der Waals surface area contributed by atoms with Crippen molar-refractivity contribution >= 4 is 5.91 Å². The molecule has 0 bridgehead atoms. The zero-order valence-electron chi connectivity index (χ0n) is 15.4. The normalized spacial score (nSPS) is 10.7. The highest BCUT2D eigenvalue weighted by Gasteiger charge is 2.19. The molecule has 2 heterocycles. The van der Waals surface area contributed by atoms with Gasteiger partial charge in [-0.25, -0.2) is 9.07 Å². The van der Waals surface area contributed by atoms with Gasteiger partial charge in [0.15, 0.2) is 11.4 Å². The molecule has 0 aliphatic carbocycles. The molecule has 0 fully saturated rings. The van der Waals surface area contributed by atoms with E-state index >= 15 is 0 Å². The summed E-state index contributed by atoms with van der Waals surface area (Å²) >= 11 is 0. The first-order valence-electron chi connectivity index (χ1n) is 9.02. The second kappa shape index (κ2) is 8.43. The molecule has 2 aromatic carbocycles. The molecule has 0 spiro atoms. The third-order valence-electron chi connectivity index (χ3n) is 4.23. The fourth-order valence-electron chi connectivity index (χ4n) is 2.75. The van der Waals surface area contributed by atoms with Crippen LogP contribution >= 0.6 is 0 Å². The van der Waals surface area contributed by atoms with Gasteiger partial charge in [-0.3, -0.25) is 4.79 Å². The molecular weight excluding hydrogens is 373 g/mol. The fourth-order valence-corrected chi connectivity index (χ4v) is 2.75. The number of nitrogens with zero attached hydrogens (tertiary/aromatic N) is 2. The first-order chi connectivity index (χ1) is 14.2. The van der Waals surface area contributed by atoms with Crippen LogP contribution in [-0.2, 0) is 13.2 Å². The molecule has 7 heteroatoms. The van der Waals surface area contributed by atoms with Gasteiger partial charge in [0.25, 0.3) is 5.91 Å². The van der Waals surface area contributed by atoms with E-state index in [0.717, 1.165) is 5.56 Å². The second-order valence-corrected chi connectivity index (χ2v) is 6.30. The minimum absolute atomic E-state index is 0.136. The number of ether oxygens (including phenoxy) is 1. The Morgan fingerprint density at radius 3 is 2.59 bits per heavy atom. The van der Waals surface area contributed by atoms with Crippen molar-refractivity contribution in [3.63, 3.8) is 0 Å². The molecule has 0 unspecified atom stereocenters. The van der Waals surface area contributed by atoms with Crippen LogP contribution in [0.3, 0.4) is 0 Å². The van der Waals surface area contributed by atoms with Gasteiger partial charge in [-0.2, -0.15) is 5.10 Å². The highest BCUT2D eigenvalue weighted by molar-refractivity contribution is 5.94. The summed E-state index contributed by atoms with van der Waals surface area (Å²) in [7, 11) is 0. The number of rotatable bonds is 7. The van der Waals surface area contributed by atoms with E-state index in [-0.39, 0.29) is 24.7 Å². The third-order valence-corrected chi connectivity index (χ3v) is 4.23. The van der Waals surface area contributed by atoms with Crippen LogP contribution in [0, 0.1) is 5.82 Å². The lowest BCUT2D eigenvalue weighted by atomic mass is 10.2. The predicted molar refractivity (Wildman–Crippen MR) is 104 cm³/mol. The number of halogens is 1. The minimum Gasteiger partial charge on any atom is -0.485 e. The van der Waals surface area contributed by atoms with Crippen LogP contribution < -0.4 is 10.1 Å². The van der Waals surface area contributed by atoms with E-state index in [9.17, 15) is 9.18 Å². The van der Waals surface area contributed by atoms with Crippen molar-refractivity contribution in [2.45, 2.75) is 13.2 Å². The first kappa shape index (κ1) is 18.5. The summed E-state index contributed by atoms with van der Waals surface area (Å²) < 4.78 is 25.8. The van der Waals surface area contributed by atoms with Gasteiger partial charge >= 0.3 is 0 Å². The number of aromatic nitrogens is 2. The Labute approximate surface area is 166 Å². The van der Waals surface area contributed by atoms with Gasteiger partial charge in [-0.1, -0.05) is 30.3 Å². The van der Waals surface area contributed by atoms with Crippen molar-refractivity contribution in [2.75, 3.05) is 0 Å². The lowest BCUT2D eigenvalue weighted by Gasteiger charge is -2.06. The monoisotopic (exact) mass is 391 g/mol. The number of carbonyl (C=O) groups is 1. The summed E-state index contributed by atoms with van der Waals surface area (Å²) in [4.78, 5) is 12.7. The average Bonchev–Trinajstić information content (AvgIpc) is 3.42. The Balaban J connectivity index is 1.57. The molecule has 1 N–H and O–H groups in total. The number of hydrogen-bond donors (Lipinski definition) is 1. The average molecular weight is 391 g/mol. The van der Waals surface area contributed by atoms with Crippen LogP contribution in [0.15, 0.2) is 83.6 Å². The Kier molecular flexibility index (Phi) is 5.38. The van der Waals surface area contributed by atoms with Gasteiger partial charge in [0.2, 0.25) is 0 Å². The maximum atomic E-state index is 13.2. The lowest BCUT2D eigenvalue weighted by molar-refractivity contribution is 0.0938. The Morgan fingerprint density at radius 2 is 1.86 bits per heavy atom. The zero-order chi connectivity index (χ0) is 20.1. The van der Waals surface area contributed by atoms with Crippen molar-refractivity contribution in [3.8, 4) is 11.4 Å². The van der Waals surface area contributed by atoms with Crippen LogP contribution in [0.25, 0.3) is 5.69 Å². The van der Waals surface area contributed by atoms with Crippen molar-refractivity contribution in [2.24, 2.45) is 0 Å². The molecule has 0 saturated carbocycles. The Morgan fingerprint density at radius 1 is 1.07 bits per heavy atom. The second-order valence-electron chi connectivity index (χ2n) is 6.30. The van der Waals surface area contributed by atoms with Gasteiger partial charge in [0.1, 0.15) is 18.2 Å². The van der Waals surface area contributed by atoms with Gasteiger partial charge in [0.05, 0.1) is 24.7 Å². The summed E-state index contributed by atoms with van der Waals surface area (Å²) in [5.41, 5.74) is 1.71. The first-order valence-corrected chi connectivity index (χ1v) is 9.02. The maximum absolute atomic E-state index is 13.2. The van der Waals surface area contributed by atoms with Gasteiger partial charge in [-0.15, -0.1) is 0 Å². The Hall–Kier alpha value is -3.87. The number of furan rings is 1. The van der Waals surface area contributed by atoms with Crippen molar-refractivity contribution in [1.29, 1.82) is 0 Å². The van der Waals surface area contributed by atoms with Gasteiger partial charge < -0.3 is 14.5 Å². The number of nitrogens with one attached hydrogen (secondary N) is 1. The molecular formula is C22H18FN3O3. The van der Waals surface area contributed by atoms with Gasteiger partial charge in [0, 0.05) is 0 Å². The number of carbonyl (C=O) groups excluding carboxylic acids is 1. The van der Waals surface area contributed by atoms with E-state index in [1.165, 1.54) is 16.8 Å². The molecule has 6 nitrogen and oxygen atoms in total. The predicted octanol–water partition coefficient (Wildman–Crippen LogP) is 4.11. The summed E-state index contributed by atoms with van der Waals surface area (Å²) in [6.07, 6.45) is 3.15. The van der Waals surface area contributed by atoms with E-state index in [1.54, 1.807) is 36.7 Å². The molecule has 4 rings (SSSR count). The van der Waals surface area contributed by atoms with E-state index in [1.807, 2.05) is 30.3 Å². The number of hydrogen-bond acceptors (Lipinski definition) is 4. The van der Waals surface area contributed by atoms with Crippen LogP contribution in [0.1, 0.15) is 21.8 Å². The molecule has 146 valence electrons. The van der Waals surface area contributed by atoms with Crippen molar-refractivity contribution < 1.29 is 18.3 Å². The summed E-state index contributed by atoms with van der Waals surface area (Å²) in [6.45, 7) is 0.516. The molecule has 0 saturated heterocycles. The highest BCUT2D eigenvalue weighted by Crippen LogP contribution is 2.22. The molecule has 0 atom stereocenters. The van der Waals surface area contributed by atoms with E-state index in [4.69, 9.17) is 9.15 Å². The lowest BCUT2D eigenvalue weighted by Crippen LogP contribution is -2.23. The number of benzene rings is 2. The Bertz CT molecular complexity index is 1070. The summed E-state index contributed by atoms with van der Waals surface area (Å²) in [6, 6.07) is 18.9. The highest BCUT2D eigenvalue weighted by atomic mass is 19.1. The molecule has 0 radical (unpaired) electrons. The summed E-state index contributed by atoms with van der Waals surface area (Å²) in [5, 5.41) is 7.11. The van der Waals surface area contributed by atoms with E-state index < -0.39 is 5.91 Å². The van der Waals surface area contributed by atoms with Crippen LogP contribution in [-0.4, -0.2) is 15.7 Å². The van der Waals surface area contributed by atoms with E-state index in [0.29, 0.717) is 17.2 Å². The molecule has 4 aromatic rings. The molecule has 29 heavy (non-hydrogen) atoms.